The maximum absolute atomic E-state index is 10.9. The number of hydrogen-bond acceptors (Lipinski definition) is 8. The van der Waals surface area contributed by atoms with Gasteiger partial charge in [0.05, 0.1) is 19.8 Å². The second-order valence-electron chi connectivity index (χ2n) is 7.44. The molecule has 1 rings (SSSR count). The topological polar surface area (TPSA) is 133 Å². The first-order valence-electron chi connectivity index (χ1n) is 11.0. The van der Waals surface area contributed by atoms with Gasteiger partial charge in [0.1, 0.15) is 5.37 Å². The Labute approximate surface area is 211 Å². The second kappa shape index (κ2) is 20.1. The molecular weight excluding hydrogens is 457 g/mol. The molecule has 0 spiro atoms. The number of morpholine rings is 1. The van der Waals surface area contributed by atoms with Crippen molar-refractivity contribution in [3.8, 4) is 0 Å². The zero-order chi connectivity index (χ0) is 22.9. The molecule has 0 amide bonds. The fourth-order valence-electron chi connectivity index (χ4n) is 3.27. The molecule has 1 aliphatic heterocycles. The van der Waals surface area contributed by atoms with E-state index in [0.717, 1.165) is 12.8 Å². The maximum atomic E-state index is 10.9. The van der Waals surface area contributed by atoms with Gasteiger partial charge < -0.3 is 9.29 Å². The van der Waals surface area contributed by atoms with Gasteiger partial charge in [0.15, 0.2) is 0 Å². The van der Waals surface area contributed by atoms with Crippen LogP contribution in [0, 0.1) is 0 Å². The third-order valence-electron chi connectivity index (χ3n) is 4.87. The largest absolute Gasteiger partial charge is 1.00 e. The van der Waals surface area contributed by atoms with E-state index in [-0.39, 0.29) is 36.2 Å². The molecule has 0 radical (unpaired) electrons. The van der Waals surface area contributed by atoms with Crippen molar-refractivity contribution in [2.45, 2.75) is 89.9 Å². The summed E-state index contributed by atoms with van der Waals surface area (Å²) in [4.78, 5) is 1.73. The van der Waals surface area contributed by atoms with E-state index >= 15 is 0 Å². The summed E-state index contributed by atoms with van der Waals surface area (Å²) < 4.78 is 70.3. The fourth-order valence-corrected chi connectivity index (χ4v) is 4.60. The predicted molar refractivity (Wildman–Crippen MR) is 116 cm³/mol. The van der Waals surface area contributed by atoms with E-state index in [1.165, 1.54) is 44.9 Å². The summed E-state index contributed by atoms with van der Waals surface area (Å²) >= 11 is 0. The molecule has 0 aromatic rings. The third kappa shape index (κ3) is 21.0. The van der Waals surface area contributed by atoms with Crippen LogP contribution in [-0.4, -0.2) is 69.1 Å². The Bertz CT molecular complexity index is 610. The normalized spacial score (nSPS) is 16.1. The maximum Gasteiger partial charge on any atom is 1.00 e. The van der Waals surface area contributed by atoms with Crippen LogP contribution in [0.2, 0.25) is 0 Å². The number of hydrogen-bond donors (Lipinski definition) is 1. The minimum Gasteiger partial charge on any atom is -0.726 e. The third-order valence-corrected chi connectivity index (χ3v) is 6.65. The van der Waals surface area contributed by atoms with Gasteiger partial charge in [0, 0.05) is 13.1 Å². The van der Waals surface area contributed by atoms with E-state index in [4.69, 9.17) is 9.29 Å². The quantitative estimate of drug-likeness (QED) is 0.147. The van der Waals surface area contributed by atoms with Crippen molar-refractivity contribution in [1.82, 2.24) is 4.90 Å². The van der Waals surface area contributed by atoms with Crippen LogP contribution in [0.5, 0.6) is 0 Å². The smallest absolute Gasteiger partial charge is 0.726 e. The molecule has 1 N–H and O–H groups in total. The van der Waals surface area contributed by atoms with Crippen molar-refractivity contribution >= 4 is 20.5 Å². The van der Waals surface area contributed by atoms with E-state index in [1.54, 1.807) is 11.8 Å². The Kier molecular flexibility index (Phi) is 22.0. The fraction of sp³-hybridized carbons (Fsp3) is 1.00. The van der Waals surface area contributed by atoms with Crippen molar-refractivity contribution in [1.29, 1.82) is 0 Å². The van der Waals surface area contributed by atoms with Gasteiger partial charge in [-0.3, -0.25) is 13.6 Å². The van der Waals surface area contributed by atoms with Gasteiger partial charge in [-0.1, -0.05) is 71.6 Å². The first-order valence-corrected chi connectivity index (χ1v) is 13.8. The molecule has 1 heterocycles. The van der Waals surface area contributed by atoms with Crippen LogP contribution in [-0.2, 0) is 29.4 Å². The van der Waals surface area contributed by atoms with Crippen molar-refractivity contribution in [3.63, 3.8) is 0 Å². The van der Waals surface area contributed by atoms with E-state index < -0.39 is 25.9 Å². The van der Waals surface area contributed by atoms with Gasteiger partial charge >= 0.3 is 29.6 Å². The first-order chi connectivity index (χ1) is 14.1. The van der Waals surface area contributed by atoms with Crippen LogP contribution in [0.4, 0.5) is 0 Å². The number of unbranched alkanes of at least 4 members (excludes halogenated alkanes) is 9. The molecule has 0 saturated carbocycles. The number of ether oxygens (including phenoxy) is 1. The van der Waals surface area contributed by atoms with Crippen molar-refractivity contribution in [2.75, 3.05) is 32.9 Å². The average Bonchev–Trinajstić information content (AvgIpc) is 2.66. The molecule has 1 aliphatic rings. The molecule has 0 aromatic heterocycles. The first kappa shape index (κ1) is 33.9. The summed E-state index contributed by atoms with van der Waals surface area (Å²) in [5.41, 5.74) is 0. The van der Waals surface area contributed by atoms with E-state index in [2.05, 4.69) is 11.1 Å². The van der Waals surface area contributed by atoms with Crippen LogP contribution in [0.3, 0.4) is 0 Å². The summed E-state index contributed by atoms with van der Waals surface area (Å²) in [5, 5.41) is -0.767. The molecule has 9 nitrogen and oxygen atoms in total. The van der Waals surface area contributed by atoms with E-state index in [1.807, 2.05) is 0 Å². The van der Waals surface area contributed by atoms with Crippen molar-refractivity contribution < 1.29 is 64.4 Å². The van der Waals surface area contributed by atoms with Gasteiger partial charge in [0.25, 0.3) is 10.1 Å². The van der Waals surface area contributed by atoms with Gasteiger partial charge in [-0.25, -0.2) is 8.42 Å². The summed E-state index contributed by atoms with van der Waals surface area (Å²) in [6.07, 6.45) is 12.1. The van der Waals surface area contributed by atoms with Crippen LogP contribution in [0.25, 0.3) is 0 Å². The van der Waals surface area contributed by atoms with Crippen molar-refractivity contribution in [3.05, 3.63) is 0 Å². The molecule has 31 heavy (non-hydrogen) atoms. The summed E-state index contributed by atoms with van der Waals surface area (Å²) in [5.74, 6) is 0. The van der Waals surface area contributed by atoms with E-state index in [0.29, 0.717) is 39.1 Å². The Morgan fingerprint density at radius 2 is 1.35 bits per heavy atom. The zero-order valence-corrected chi connectivity index (χ0v) is 23.1. The molecule has 12 heteroatoms. The molecule has 0 aromatic carbocycles. The summed E-state index contributed by atoms with van der Waals surface area (Å²) in [7, 11) is -8.43. The number of rotatable bonds is 15. The second-order valence-corrected chi connectivity index (χ2v) is 10.1. The van der Waals surface area contributed by atoms with Crippen LogP contribution < -0.4 is 29.6 Å². The van der Waals surface area contributed by atoms with Crippen molar-refractivity contribution in [2.24, 2.45) is 0 Å². The molecule has 1 unspecified atom stereocenters. The monoisotopic (exact) mass is 497 g/mol. The minimum absolute atomic E-state index is 0. The molecule has 1 fully saturated rings. The Hall–Kier alpha value is 0.700. The molecule has 1 saturated heterocycles. The average molecular weight is 498 g/mol. The minimum atomic E-state index is -4.48. The predicted octanol–water partition coefficient (Wildman–Crippen LogP) is 0.331. The molecule has 0 aliphatic carbocycles. The van der Waals surface area contributed by atoms with Gasteiger partial charge in [-0.15, -0.1) is 0 Å². The van der Waals surface area contributed by atoms with Gasteiger partial charge in [-0.2, -0.15) is 8.42 Å². The van der Waals surface area contributed by atoms with Gasteiger partial charge in [-0.05, 0) is 12.8 Å². The molecular formula is C19H40NNaO8S2. The SMILES string of the molecule is CCC(N1CCOCC1)S(=O)(=O)O.CCCCCCCCCCCCOS(=O)(=O)[O-].[Na+]. The molecule has 182 valence electrons. The van der Waals surface area contributed by atoms with Crippen LogP contribution in [0.1, 0.15) is 84.5 Å². The Morgan fingerprint density at radius 1 is 0.903 bits per heavy atom. The Balaban J connectivity index is 0. The van der Waals surface area contributed by atoms with Crippen LogP contribution in [0.15, 0.2) is 0 Å². The molecule has 0 bridgehead atoms. The summed E-state index contributed by atoms with van der Waals surface area (Å²) in [6.45, 7) is 6.19. The number of nitrogens with zero attached hydrogens (tertiary/aromatic N) is 1. The standard InChI is InChI=1S/C12H26O4S.C7H15NO4S.Na/c1-2-3-4-5-6-7-8-9-10-11-12-16-17(13,14)15;1-2-7(13(9,10)11)8-3-5-12-6-4-8;/h2-12H2,1H3,(H,13,14,15);7H,2-6H2,1H3,(H,9,10,11);/q;;+1/p-1. The molecule has 1 atom stereocenters. The van der Waals surface area contributed by atoms with Gasteiger partial charge in [0.2, 0.25) is 10.4 Å². The Morgan fingerprint density at radius 3 is 1.74 bits per heavy atom. The van der Waals surface area contributed by atoms with Crippen LogP contribution >= 0.6 is 0 Å². The zero-order valence-electron chi connectivity index (χ0n) is 19.5. The van der Waals surface area contributed by atoms with E-state index in [9.17, 15) is 21.4 Å². The summed E-state index contributed by atoms with van der Waals surface area (Å²) in [6, 6.07) is 0.